The number of amides is 1. The number of benzene rings is 3. The minimum Gasteiger partial charge on any atom is -0.497 e. The van der Waals surface area contributed by atoms with Gasteiger partial charge in [-0.2, -0.15) is 0 Å². The topological polar surface area (TPSA) is 130 Å². The number of aliphatic hydroxyl groups excluding tert-OH is 2. The summed E-state index contributed by atoms with van der Waals surface area (Å²) in [4.78, 5) is 25.4. The number of aromatic nitrogens is 1. The quantitative estimate of drug-likeness (QED) is 0.125. The average Bonchev–Trinajstić information content (AvgIpc) is 3.37. The number of aliphatic carboxylic acids is 1. The van der Waals surface area contributed by atoms with Crippen molar-refractivity contribution in [1.29, 1.82) is 0 Å². The number of halogens is 2. The number of carbonyl (C=O) groups excluding carboxylic acids is 1. The SMILES string of the molecule is COc1ccc(NC(=O)c2c(-c3ccccc3)c(-c3ccc(F)c(F)c3)n(CC[C@@H](O)C[C@@H](O)CC(=O)O)c2C(C)C)c(OC)c1. The van der Waals surface area contributed by atoms with Gasteiger partial charge in [0.1, 0.15) is 11.5 Å². The van der Waals surface area contributed by atoms with Crippen LogP contribution in [-0.2, 0) is 11.3 Å². The van der Waals surface area contributed by atoms with Crippen molar-refractivity contribution in [3.63, 3.8) is 0 Å². The van der Waals surface area contributed by atoms with Gasteiger partial charge in [-0.1, -0.05) is 44.2 Å². The molecule has 0 saturated carbocycles. The van der Waals surface area contributed by atoms with Crippen LogP contribution in [0.1, 0.15) is 55.1 Å². The van der Waals surface area contributed by atoms with E-state index >= 15 is 0 Å². The van der Waals surface area contributed by atoms with E-state index < -0.39 is 42.1 Å². The second kappa shape index (κ2) is 15.0. The van der Waals surface area contributed by atoms with Gasteiger partial charge in [0.05, 0.1) is 49.8 Å². The molecule has 4 rings (SSSR count). The molecule has 0 aliphatic carbocycles. The highest BCUT2D eigenvalue weighted by Crippen LogP contribution is 2.43. The van der Waals surface area contributed by atoms with Crippen molar-refractivity contribution in [2.24, 2.45) is 0 Å². The number of carboxylic acids is 1. The van der Waals surface area contributed by atoms with Crippen molar-refractivity contribution < 1.29 is 43.2 Å². The van der Waals surface area contributed by atoms with E-state index in [-0.39, 0.29) is 25.3 Å². The molecule has 244 valence electrons. The van der Waals surface area contributed by atoms with Gasteiger partial charge >= 0.3 is 5.97 Å². The molecule has 0 fully saturated rings. The van der Waals surface area contributed by atoms with Gasteiger partial charge in [0, 0.05) is 29.4 Å². The first kappa shape index (κ1) is 34.1. The number of carboxylic acid groups (broad SMARTS) is 1. The molecule has 0 radical (unpaired) electrons. The van der Waals surface area contributed by atoms with Crippen LogP contribution in [0.5, 0.6) is 11.5 Å². The first-order valence-corrected chi connectivity index (χ1v) is 14.8. The molecular formula is C35H38F2N2O7. The number of nitrogens with one attached hydrogen (secondary N) is 1. The minimum absolute atomic E-state index is 0.0728. The van der Waals surface area contributed by atoms with Gasteiger partial charge in [0.25, 0.3) is 5.91 Å². The van der Waals surface area contributed by atoms with Gasteiger partial charge in [-0.3, -0.25) is 9.59 Å². The summed E-state index contributed by atoms with van der Waals surface area (Å²) in [5.41, 5.74) is 3.10. The summed E-state index contributed by atoms with van der Waals surface area (Å²) in [6.45, 7) is 3.91. The number of nitrogens with zero attached hydrogens (tertiary/aromatic N) is 1. The number of carbonyl (C=O) groups is 2. The predicted octanol–water partition coefficient (Wildman–Crippen LogP) is 6.47. The lowest BCUT2D eigenvalue weighted by atomic mass is 9.94. The molecular weight excluding hydrogens is 598 g/mol. The summed E-state index contributed by atoms with van der Waals surface area (Å²) in [6, 6.07) is 17.5. The maximum atomic E-state index is 14.7. The number of hydrogen-bond acceptors (Lipinski definition) is 6. The van der Waals surface area contributed by atoms with E-state index in [1.807, 2.05) is 36.6 Å². The number of rotatable bonds is 14. The molecule has 46 heavy (non-hydrogen) atoms. The van der Waals surface area contributed by atoms with Crippen LogP contribution in [-0.4, -0.2) is 58.2 Å². The Morgan fingerprint density at radius 1 is 0.891 bits per heavy atom. The fraction of sp³-hybridized carbons (Fsp3) is 0.314. The Morgan fingerprint density at radius 3 is 2.22 bits per heavy atom. The Morgan fingerprint density at radius 2 is 1.61 bits per heavy atom. The van der Waals surface area contributed by atoms with Crippen molar-refractivity contribution in [3.05, 3.63) is 89.6 Å². The van der Waals surface area contributed by atoms with E-state index in [0.29, 0.717) is 50.8 Å². The summed E-state index contributed by atoms with van der Waals surface area (Å²) < 4.78 is 41.5. The first-order valence-electron chi connectivity index (χ1n) is 14.8. The highest BCUT2D eigenvalue weighted by atomic mass is 19.2. The summed E-state index contributed by atoms with van der Waals surface area (Å²) >= 11 is 0. The zero-order valence-electron chi connectivity index (χ0n) is 26.1. The maximum absolute atomic E-state index is 14.7. The Labute approximate surface area is 266 Å². The average molecular weight is 637 g/mol. The third-order valence-corrected chi connectivity index (χ3v) is 7.63. The van der Waals surface area contributed by atoms with Crippen molar-refractivity contribution in [2.45, 2.75) is 57.8 Å². The number of hydrogen-bond donors (Lipinski definition) is 4. The summed E-state index contributed by atoms with van der Waals surface area (Å²) in [5, 5.41) is 32.9. The Kier molecular flexibility index (Phi) is 11.2. The van der Waals surface area contributed by atoms with Crippen LogP contribution in [0.3, 0.4) is 0 Å². The lowest BCUT2D eigenvalue weighted by Crippen LogP contribution is -2.22. The van der Waals surface area contributed by atoms with E-state index in [1.165, 1.54) is 20.3 Å². The number of aliphatic hydroxyl groups is 2. The zero-order chi connectivity index (χ0) is 33.5. The summed E-state index contributed by atoms with van der Waals surface area (Å²) in [7, 11) is 2.98. The second-order valence-corrected chi connectivity index (χ2v) is 11.2. The smallest absolute Gasteiger partial charge is 0.305 e. The molecule has 1 aromatic heterocycles. The fourth-order valence-corrected chi connectivity index (χ4v) is 5.61. The number of methoxy groups -OCH3 is 2. The van der Waals surface area contributed by atoms with E-state index in [9.17, 15) is 28.6 Å². The number of anilines is 1. The third kappa shape index (κ3) is 7.72. The number of ether oxygens (including phenoxy) is 2. The van der Waals surface area contributed by atoms with Crippen LogP contribution >= 0.6 is 0 Å². The van der Waals surface area contributed by atoms with E-state index in [2.05, 4.69) is 5.32 Å². The molecule has 0 bridgehead atoms. The van der Waals surface area contributed by atoms with Gasteiger partial charge in [0.2, 0.25) is 0 Å². The molecule has 0 saturated heterocycles. The van der Waals surface area contributed by atoms with Crippen molar-refractivity contribution in [1.82, 2.24) is 4.57 Å². The van der Waals surface area contributed by atoms with Gasteiger partial charge in [-0.05, 0) is 54.7 Å². The molecule has 4 N–H and O–H groups in total. The van der Waals surface area contributed by atoms with Gasteiger partial charge in [0.15, 0.2) is 11.6 Å². The molecule has 1 heterocycles. The van der Waals surface area contributed by atoms with Gasteiger partial charge < -0.3 is 34.7 Å². The molecule has 11 heteroatoms. The van der Waals surface area contributed by atoms with Crippen LogP contribution in [0.15, 0.2) is 66.7 Å². The van der Waals surface area contributed by atoms with Crippen LogP contribution in [0.4, 0.5) is 14.5 Å². The molecule has 4 aromatic rings. The molecule has 9 nitrogen and oxygen atoms in total. The molecule has 0 spiro atoms. The van der Waals surface area contributed by atoms with Crippen LogP contribution in [0.2, 0.25) is 0 Å². The monoisotopic (exact) mass is 636 g/mol. The maximum Gasteiger partial charge on any atom is 0.305 e. The van der Waals surface area contributed by atoms with Crippen LogP contribution < -0.4 is 14.8 Å². The van der Waals surface area contributed by atoms with Crippen LogP contribution in [0, 0.1) is 11.6 Å². The van der Waals surface area contributed by atoms with E-state index in [4.69, 9.17) is 14.6 Å². The second-order valence-electron chi connectivity index (χ2n) is 11.2. The highest BCUT2D eigenvalue weighted by molar-refractivity contribution is 6.13. The predicted molar refractivity (Wildman–Crippen MR) is 170 cm³/mol. The fourth-order valence-electron chi connectivity index (χ4n) is 5.61. The van der Waals surface area contributed by atoms with E-state index in [0.717, 1.165) is 12.1 Å². The van der Waals surface area contributed by atoms with Gasteiger partial charge in [-0.25, -0.2) is 8.78 Å². The Bertz CT molecular complexity index is 1690. The Balaban J connectivity index is 1.94. The summed E-state index contributed by atoms with van der Waals surface area (Å²) in [6.07, 6.45) is -2.97. The largest absolute Gasteiger partial charge is 0.497 e. The molecule has 0 unspecified atom stereocenters. The Hall–Kier alpha value is -4.74. The van der Waals surface area contributed by atoms with Crippen molar-refractivity contribution >= 4 is 17.6 Å². The molecule has 3 aromatic carbocycles. The van der Waals surface area contributed by atoms with Crippen molar-refractivity contribution in [2.75, 3.05) is 19.5 Å². The lowest BCUT2D eigenvalue weighted by molar-refractivity contribution is -0.139. The first-order chi connectivity index (χ1) is 21.9. The standard InChI is InChI=1S/C35H38F2N2O7/c1-20(2)33-32(35(44)38-28-13-11-25(45-3)19-29(28)46-4)31(21-8-6-5-7-9-21)34(22-10-12-26(36)27(37)16-22)39(33)15-14-23(40)17-24(41)18-30(42)43/h5-13,16,19-20,23-24,40-41H,14-15,17-18H2,1-4H3,(H,38,44)(H,42,43)/t23-,24-/m1/s1. The minimum atomic E-state index is -1.26. The molecule has 2 atom stereocenters. The third-order valence-electron chi connectivity index (χ3n) is 7.63. The normalized spacial score (nSPS) is 12.5. The van der Waals surface area contributed by atoms with E-state index in [1.54, 1.807) is 30.3 Å². The highest BCUT2D eigenvalue weighted by Gasteiger charge is 2.31. The zero-order valence-corrected chi connectivity index (χ0v) is 26.1. The molecule has 0 aliphatic rings. The molecule has 0 aliphatic heterocycles. The van der Waals surface area contributed by atoms with Gasteiger partial charge in [-0.15, -0.1) is 0 Å². The van der Waals surface area contributed by atoms with Crippen molar-refractivity contribution in [3.8, 4) is 33.9 Å². The van der Waals surface area contributed by atoms with Crippen LogP contribution in [0.25, 0.3) is 22.4 Å². The summed E-state index contributed by atoms with van der Waals surface area (Å²) in [5.74, 6) is -3.14. The molecule has 1 amide bonds. The lowest BCUT2D eigenvalue weighted by Gasteiger charge is -2.20.